The number of rotatable bonds is 7. The Kier molecular flexibility index (Phi) is 7.66. The van der Waals surface area contributed by atoms with E-state index in [1.807, 2.05) is 0 Å². The van der Waals surface area contributed by atoms with Crippen LogP contribution in [0, 0.1) is 11.8 Å². The van der Waals surface area contributed by atoms with Crippen molar-refractivity contribution in [2.24, 2.45) is 11.8 Å². The van der Waals surface area contributed by atoms with Gasteiger partial charge < -0.3 is 10.4 Å². The minimum atomic E-state index is -0.694. The summed E-state index contributed by atoms with van der Waals surface area (Å²) in [7, 11) is 0. The third kappa shape index (κ3) is 5.23. The van der Waals surface area contributed by atoms with Crippen molar-refractivity contribution < 1.29 is 14.7 Å². The Morgan fingerprint density at radius 2 is 1.73 bits per heavy atom. The molecule has 1 unspecified atom stereocenters. The average molecular weight is 477 g/mol. The highest BCUT2D eigenvalue weighted by molar-refractivity contribution is 5.90. The molecule has 2 amide bonds. The van der Waals surface area contributed by atoms with E-state index in [2.05, 4.69) is 28.4 Å². The van der Waals surface area contributed by atoms with Crippen molar-refractivity contribution in [3.05, 3.63) is 29.3 Å². The highest BCUT2D eigenvalue weighted by Gasteiger charge is 2.53. The fraction of sp³-hybridized carbons (Fsp3) is 0.692. The summed E-state index contributed by atoms with van der Waals surface area (Å²) in [4.78, 5) is 27.1. The van der Waals surface area contributed by atoms with Crippen LogP contribution >= 0.6 is 12.4 Å². The van der Waals surface area contributed by atoms with Crippen molar-refractivity contribution in [1.29, 1.82) is 0 Å². The van der Waals surface area contributed by atoms with Gasteiger partial charge in [0, 0.05) is 24.4 Å². The number of quaternary nitrogens is 1. The van der Waals surface area contributed by atoms with E-state index in [9.17, 15) is 9.59 Å². The number of nitrogens with one attached hydrogen (secondary N) is 1. The van der Waals surface area contributed by atoms with E-state index in [1.165, 1.54) is 29.7 Å². The molecule has 0 radical (unpaired) electrons. The van der Waals surface area contributed by atoms with Crippen LogP contribution in [0.25, 0.3) is 0 Å². The lowest BCUT2D eigenvalue weighted by Crippen LogP contribution is -2.55. The van der Waals surface area contributed by atoms with Crippen molar-refractivity contribution in [3.8, 4) is 0 Å². The molecule has 5 rings (SSSR count). The molecular weight excluding hydrogens is 438 g/mol. The molecule has 6 nitrogen and oxygen atoms in total. The Hall–Kier alpha value is -1.63. The topological polar surface area (TPSA) is 69.6 Å². The first-order valence-electron chi connectivity index (χ1n) is 12.8. The number of hydrogen-bond acceptors (Lipinski definition) is 3. The van der Waals surface area contributed by atoms with Crippen LogP contribution in [0.5, 0.6) is 0 Å². The summed E-state index contributed by atoms with van der Waals surface area (Å²) in [6.45, 7) is 4.76. The van der Waals surface area contributed by atoms with Gasteiger partial charge in [0.25, 0.3) is 0 Å². The molecule has 2 saturated carbocycles. The van der Waals surface area contributed by atoms with Gasteiger partial charge in [-0.2, -0.15) is 0 Å². The first-order chi connectivity index (χ1) is 15.5. The summed E-state index contributed by atoms with van der Waals surface area (Å²) in [5.74, 6) is 0.496. The number of hydrogen-bond donors (Lipinski definition) is 2. The van der Waals surface area contributed by atoms with Gasteiger partial charge in [-0.25, -0.2) is 9.28 Å². The first-order valence-corrected chi connectivity index (χ1v) is 12.8. The lowest BCUT2D eigenvalue weighted by Gasteiger charge is -2.35. The van der Waals surface area contributed by atoms with Crippen LogP contribution in [0.4, 0.5) is 10.5 Å². The van der Waals surface area contributed by atoms with Gasteiger partial charge in [0.1, 0.15) is 12.2 Å². The van der Waals surface area contributed by atoms with Crippen molar-refractivity contribution in [3.63, 3.8) is 0 Å². The number of carboxylic acids is 1. The molecule has 182 valence electrons. The molecule has 0 aromatic heterocycles. The molecule has 1 saturated heterocycles. The van der Waals surface area contributed by atoms with Crippen molar-refractivity contribution in [2.75, 3.05) is 32.7 Å². The van der Waals surface area contributed by atoms with Crippen molar-refractivity contribution >= 4 is 30.1 Å². The quantitative estimate of drug-likeness (QED) is 0.573. The predicted molar refractivity (Wildman–Crippen MR) is 133 cm³/mol. The lowest BCUT2D eigenvalue weighted by molar-refractivity contribution is -0.137. The van der Waals surface area contributed by atoms with Gasteiger partial charge in [-0.3, -0.25) is 9.69 Å². The number of carbonyl (C=O) groups is 2. The van der Waals surface area contributed by atoms with Crippen LogP contribution in [-0.4, -0.2) is 60.8 Å². The number of carboxylic acid groups (broad SMARTS) is 1. The maximum atomic E-state index is 14.0. The molecule has 2 heterocycles. The molecule has 33 heavy (non-hydrogen) atoms. The Labute approximate surface area is 203 Å². The molecule has 2 N–H and O–H groups in total. The van der Waals surface area contributed by atoms with E-state index in [4.69, 9.17) is 5.11 Å². The summed E-state index contributed by atoms with van der Waals surface area (Å²) >= 11 is 0. The Morgan fingerprint density at radius 3 is 2.42 bits per heavy atom. The number of halogens is 1. The van der Waals surface area contributed by atoms with Gasteiger partial charge in [-0.1, -0.05) is 6.07 Å². The normalized spacial score (nSPS) is 29.8. The monoisotopic (exact) mass is 476 g/mol. The minimum absolute atomic E-state index is 0. The molecular formula is C26H39ClN3O3+. The van der Waals surface area contributed by atoms with E-state index in [-0.39, 0.29) is 18.8 Å². The molecule has 0 spiro atoms. The molecule has 1 atom stereocenters. The summed E-state index contributed by atoms with van der Waals surface area (Å²) in [5.41, 5.74) is 4.07. The zero-order chi connectivity index (χ0) is 22.1. The maximum absolute atomic E-state index is 14.0. The van der Waals surface area contributed by atoms with Gasteiger partial charge in [0.05, 0.1) is 13.1 Å². The lowest BCUT2D eigenvalue weighted by atomic mass is 9.83. The van der Waals surface area contributed by atoms with Gasteiger partial charge in [-0.05, 0) is 94.0 Å². The van der Waals surface area contributed by atoms with Gasteiger partial charge in [-0.15, -0.1) is 12.4 Å². The number of urea groups is 1. The van der Waals surface area contributed by atoms with E-state index in [0.29, 0.717) is 28.4 Å². The van der Waals surface area contributed by atoms with Crippen LogP contribution in [0.3, 0.4) is 0 Å². The fourth-order valence-corrected chi connectivity index (χ4v) is 6.31. The molecule has 1 aromatic carbocycles. The minimum Gasteiger partial charge on any atom is -0.481 e. The molecule has 2 aliphatic heterocycles. The number of amides is 2. The highest BCUT2D eigenvalue weighted by atomic mass is 35.5. The smallest absolute Gasteiger partial charge is 0.424 e. The van der Waals surface area contributed by atoms with Gasteiger partial charge in [0.15, 0.2) is 0 Å². The summed E-state index contributed by atoms with van der Waals surface area (Å²) in [6.07, 6.45) is 9.84. The number of benzene rings is 1. The van der Waals surface area contributed by atoms with Crippen LogP contribution in [0.15, 0.2) is 18.2 Å². The number of aliphatic carboxylic acids is 1. The summed E-state index contributed by atoms with van der Waals surface area (Å²) < 4.78 is 0.518. The molecule has 7 heteroatoms. The van der Waals surface area contributed by atoms with Crippen LogP contribution in [0.2, 0.25) is 0 Å². The first kappa shape index (κ1) is 24.5. The Balaban J connectivity index is 0.00000259. The SMILES string of the molecule is Cl.O=C(O)CCC1CCC(N2CC[N+](CC3CC3)(c3ccc4c(c3)CCNCC4)C2=O)CC1. The Bertz CT molecular complexity index is 866. The van der Waals surface area contributed by atoms with Gasteiger partial charge >= 0.3 is 12.0 Å². The van der Waals surface area contributed by atoms with Crippen LogP contribution in [-0.2, 0) is 17.6 Å². The maximum Gasteiger partial charge on any atom is 0.424 e. The number of fused-ring (bicyclic) bond motifs is 1. The molecule has 2 aliphatic carbocycles. The second-order valence-electron chi connectivity index (χ2n) is 10.6. The largest absolute Gasteiger partial charge is 0.481 e. The van der Waals surface area contributed by atoms with E-state index in [1.54, 1.807) is 0 Å². The second-order valence-corrected chi connectivity index (χ2v) is 10.6. The van der Waals surface area contributed by atoms with E-state index < -0.39 is 5.97 Å². The number of nitrogens with zero attached hydrogens (tertiary/aromatic N) is 2. The molecule has 0 bridgehead atoms. The predicted octanol–water partition coefficient (Wildman–Crippen LogP) is 4.37. The van der Waals surface area contributed by atoms with Crippen molar-refractivity contribution in [2.45, 2.75) is 70.3 Å². The number of carbonyl (C=O) groups excluding carboxylic acids is 1. The average Bonchev–Trinajstić information content (AvgIpc) is 3.59. The van der Waals surface area contributed by atoms with Crippen LogP contribution in [0.1, 0.15) is 62.5 Å². The highest BCUT2D eigenvalue weighted by Crippen LogP contribution is 2.41. The van der Waals surface area contributed by atoms with Crippen LogP contribution < -0.4 is 9.80 Å². The molecule has 4 aliphatic rings. The third-order valence-corrected chi connectivity index (χ3v) is 8.45. The summed E-state index contributed by atoms with van der Waals surface area (Å²) in [6, 6.07) is 7.53. The zero-order valence-electron chi connectivity index (χ0n) is 19.6. The Morgan fingerprint density at radius 1 is 1.03 bits per heavy atom. The fourth-order valence-electron chi connectivity index (χ4n) is 6.31. The zero-order valence-corrected chi connectivity index (χ0v) is 20.5. The van der Waals surface area contributed by atoms with E-state index in [0.717, 1.165) is 77.7 Å². The van der Waals surface area contributed by atoms with E-state index >= 15 is 0 Å². The molecule has 3 fully saturated rings. The second kappa shape index (κ2) is 10.3. The summed E-state index contributed by atoms with van der Waals surface area (Å²) in [5, 5.41) is 12.5. The third-order valence-electron chi connectivity index (χ3n) is 8.45. The van der Waals surface area contributed by atoms with Gasteiger partial charge in [0.2, 0.25) is 0 Å². The van der Waals surface area contributed by atoms with Crippen molar-refractivity contribution in [1.82, 2.24) is 14.7 Å². The molecule has 1 aromatic rings. The standard InChI is InChI=1S/C26H37N3O3.ClH/c30-25(31)10-5-19-3-7-23(8-4-19)28-15-16-29(26(28)32,18-20-1-2-20)24-9-6-21-11-13-27-14-12-22(21)17-24;/h6,9,17,19-20,23,27H,1-5,7-8,10-16,18H2;1H/p+1.